The average Bonchev–Trinajstić information content (AvgIpc) is 3.01. The molecular weight excluding hydrogens is 380 g/mol. The topological polar surface area (TPSA) is 73.8 Å². The molecule has 1 saturated heterocycles. The van der Waals surface area contributed by atoms with E-state index in [1.807, 2.05) is 18.2 Å². The maximum Gasteiger partial charge on any atom is 0.261 e. The zero-order valence-electron chi connectivity index (χ0n) is 17.4. The van der Waals surface area contributed by atoms with Crippen LogP contribution in [0.15, 0.2) is 42.6 Å². The molecule has 0 saturated carbocycles. The molecule has 1 aromatic heterocycles. The van der Waals surface area contributed by atoms with E-state index in [-0.39, 0.29) is 17.7 Å². The summed E-state index contributed by atoms with van der Waals surface area (Å²) >= 11 is 0. The van der Waals surface area contributed by atoms with Crippen LogP contribution in [-0.2, 0) is 0 Å². The summed E-state index contributed by atoms with van der Waals surface area (Å²) in [7, 11) is 0. The van der Waals surface area contributed by atoms with Crippen LogP contribution < -0.4 is 4.90 Å². The van der Waals surface area contributed by atoms with Gasteiger partial charge in [0.2, 0.25) is 0 Å². The Morgan fingerprint density at radius 2 is 1.73 bits per heavy atom. The van der Waals surface area contributed by atoms with Gasteiger partial charge < -0.3 is 9.80 Å². The molecule has 3 heterocycles. The van der Waals surface area contributed by atoms with Gasteiger partial charge in [-0.05, 0) is 42.7 Å². The Morgan fingerprint density at radius 3 is 2.40 bits per heavy atom. The number of rotatable bonds is 5. The zero-order chi connectivity index (χ0) is 21.3. The van der Waals surface area contributed by atoms with Crippen molar-refractivity contribution >= 4 is 23.5 Å². The highest BCUT2D eigenvalue weighted by atomic mass is 16.2. The van der Waals surface area contributed by atoms with Crippen molar-refractivity contribution in [3.8, 4) is 0 Å². The summed E-state index contributed by atoms with van der Waals surface area (Å²) in [5.41, 5.74) is 1.17. The normalized spacial score (nSPS) is 16.4. The van der Waals surface area contributed by atoms with Gasteiger partial charge in [0.1, 0.15) is 5.82 Å². The van der Waals surface area contributed by atoms with Gasteiger partial charge in [-0.25, -0.2) is 4.98 Å². The second kappa shape index (κ2) is 8.26. The number of nitrogens with zero attached hydrogens (tertiary/aromatic N) is 4. The summed E-state index contributed by atoms with van der Waals surface area (Å²) in [4.78, 5) is 47.9. The summed E-state index contributed by atoms with van der Waals surface area (Å²) in [5, 5.41) is 0. The van der Waals surface area contributed by atoms with Crippen LogP contribution in [0.25, 0.3) is 0 Å². The number of benzene rings is 1. The quantitative estimate of drug-likeness (QED) is 0.714. The van der Waals surface area contributed by atoms with Gasteiger partial charge in [-0.1, -0.05) is 19.9 Å². The molecule has 0 radical (unpaired) electrons. The Labute approximate surface area is 176 Å². The summed E-state index contributed by atoms with van der Waals surface area (Å²) in [5.74, 6) is 0.632. The molecule has 0 bridgehead atoms. The van der Waals surface area contributed by atoms with Crippen LogP contribution in [0.1, 0.15) is 51.3 Å². The molecule has 0 unspecified atom stereocenters. The van der Waals surface area contributed by atoms with Crippen LogP contribution in [0.4, 0.5) is 5.82 Å². The molecule has 0 aliphatic carbocycles. The van der Waals surface area contributed by atoms with Crippen molar-refractivity contribution in [2.45, 2.75) is 20.3 Å². The maximum atomic E-state index is 13.0. The lowest BCUT2D eigenvalue weighted by Gasteiger charge is -2.35. The van der Waals surface area contributed by atoms with Crippen molar-refractivity contribution < 1.29 is 14.4 Å². The number of anilines is 1. The Kier molecular flexibility index (Phi) is 5.53. The van der Waals surface area contributed by atoms with Gasteiger partial charge in [-0.15, -0.1) is 0 Å². The molecule has 3 amide bonds. The summed E-state index contributed by atoms with van der Waals surface area (Å²) in [6.07, 6.45) is 2.53. The predicted octanol–water partition coefficient (Wildman–Crippen LogP) is 2.69. The van der Waals surface area contributed by atoms with Gasteiger partial charge in [0, 0.05) is 44.5 Å². The smallest absolute Gasteiger partial charge is 0.261 e. The van der Waals surface area contributed by atoms with Gasteiger partial charge in [0.15, 0.2) is 0 Å². The molecule has 0 N–H and O–H groups in total. The van der Waals surface area contributed by atoms with Crippen LogP contribution in [0.2, 0.25) is 0 Å². The first-order chi connectivity index (χ1) is 14.5. The molecule has 0 spiro atoms. The van der Waals surface area contributed by atoms with E-state index < -0.39 is 0 Å². The summed E-state index contributed by atoms with van der Waals surface area (Å²) in [6, 6.07) is 10.6. The van der Waals surface area contributed by atoms with Gasteiger partial charge >= 0.3 is 0 Å². The first-order valence-corrected chi connectivity index (χ1v) is 10.4. The molecule has 2 aromatic rings. The molecular formula is C23H26N4O3. The highest BCUT2D eigenvalue weighted by Crippen LogP contribution is 2.25. The van der Waals surface area contributed by atoms with Crippen molar-refractivity contribution in [3.63, 3.8) is 0 Å². The Bertz CT molecular complexity index is 966. The van der Waals surface area contributed by atoms with E-state index in [9.17, 15) is 14.4 Å². The molecule has 4 rings (SSSR count). The highest BCUT2D eigenvalue weighted by molar-refractivity contribution is 6.22. The minimum Gasteiger partial charge on any atom is -0.353 e. The fraction of sp³-hybridized carbons (Fsp3) is 0.391. The Hall–Kier alpha value is -3.22. The third-order valence-corrected chi connectivity index (χ3v) is 5.69. The SMILES string of the molecule is CC(C)CCN1C(=O)c2ccc(C(=O)N3CCN(c4ccccn4)CC3)cc2C1=O. The number of piperazine rings is 1. The van der Waals surface area contributed by atoms with Gasteiger partial charge in [0.25, 0.3) is 17.7 Å². The van der Waals surface area contributed by atoms with Crippen molar-refractivity contribution in [1.29, 1.82) is 0 Å². The molecule has 156 valence electrons. The fourth-order valence-corrected chi connectivity index (χ4v) is 3.88. The minimum atomic E-state index is -0.301. The Morgan fingerprint density at radius 1 is 1.00 bits per heavy atom. The number of hydrogen-bond donors (Lipinski definition) is 0. The number of aromatic nitrogens is 1. The van der Waals surface area contributed by atoms with Crippen LogP contribution in [0.5, 0.6) is 0 Å². The van der Waals surface area contributed by atoms with Gasteiger partial charge in [0.05, 0.1) is 11.1 Å². The van der Waals surface area contributed by atoms with Crippen molar-refractivity contribution in [2.75, 3.05) is 37.6 Å². The summed E-state index contributed by atoms with van der Waals surface area (Å²) in [6.45, 7) is 7.09. The van der Waals surface area contributed by atoms with Gasteiger partial charge in [-0.2, -0.15) is 0 Å². The molecule has 2 aliphatic rings. The van der Waals surface area contributed by atoms with Crippen molar-refractivity contribution in [2.24, 2.45) is 5.92 Å². The van der Waals surface area contributed by atoms with E-state index in [1.165, 1.54) is 4.90 Å². The maximum absolute atomic E-state index is 13.0. The monoisotopic (exact) mass is 406 g/mol. The van der Waals surface area contributed by atoms with E-state index in [1.54, 1.807) is 29.3 Å². The largest absolute Gasteiger partial charge is 0.353 e. The van der Waals surface area contributed by atoms with Crippen LogP contribution in [-0.4, -0.2) is 65.2 Å². The van der Waals surface area contributed by atoms with Crippen LogP contribution in [0.3, 0.4) is 0 Å². The van der Waals surface area contributed by atoms with E-state index >= 15 is 0 Å². The lowest BCUT2D eigenvalue weighted by atomic mass is 10.0. The fourth-order valence-electron chi connectivity index (χ4n) is 3.88. The first kappa shape index (κ1) is 20.1. The molecule has 30 heavy (non-hydrogen) atoms. The number of pyridine rings is 1. The molecule has 1 fully saturated rings. The zero-order valence-corrected chi connectivity index (χ0v) is 17.4. The molecule has 1 aromatic carbocycles. The van der Waals surface area contributed by atoms with Crippen LogP contribution in [0, 0.1) is 5.92 Å². The van der Waals surface area contributed by atoms with E-state index in [0.29, 0.717) is 55.3 Å². The average molecular weight is 406 g/mol. The van der Waals surface area contributed by atoms with E-state index in [0.717, 1.165) is 12.2 Å². The number of carbonyl (C=O) groups is 3. The molecule has 0 atom stereocenters. The first-order valence-electron chi connectivity index (χ1n) is 10.4. The standard InChI is InChI=1S/C23H26N4O3/c1-16(2)8-10-27-22(29)18-7-6-17(15-19(18)23(27)30)21(28)26-13-11-25(12-14-26)20-5-3-4-9-24-20/h3-7,9,15-16H,8,10-14H2,1-2H3. The third-order valence-electron chi connectivity index (χ3n) is 5.69. The second-order valence-electron chi connectivity index (χ2n) is 8.17. The lowest BCUT2D eigenvalue weighted by Crippen LogP contribution is -2.49. The van der Waals surface area contributed by atoms with Crippen molar-refractivity contribution in [3.05, 3.63) is 59.3 Å². The third kappa shape index (κ3) is 3.79. The minimum absolute atomic E-state index is 0.112. The Balaban J connectivity index is 1.45. The second-order valence-corrected chi connectivity index (χ2v) is 8.17. The number of hydrogen-bond acceptors (Lipinski definition) is 5. The van der Waals surface area contributed by atoms with E-state index in [4.69, 9.17) is 0 Å². The highest BCUT2D eigenvalue weighted by Gasteiger charge is 2.36. The predicted molar refractivity (Wildman–Crippen MR) is 114 cm³/mol. The molecule has 7 heteroatoms. The summed E-state index contributed by atoms with van der Waals surface area (Å²) < 4.78 is 0. The van der Waals surface area contributed by atoms with E-state index in [2.05, 4.69) is 23.7 Å². The van der Waals surface area contributed by atoms with Crippen molar-refractivity contribution in [1.82, 2.24) is 14.8 Å². The number of carbonyl (C=O) groups excluding carboxylic acids is 3. The lowest BCUT2D eigenvalue weighted by molar-refractivity contribution is 0.0647. The molecule has 7 nitrogen and oxygen atoms in total. The number of imide groups is 1. The van der Waals surface area contributed by atoms with Gasteiger partial charge in [-0.3, -0.25) is 19.3 Å². The molecule has 2 aliphatic heterocycles. The number of fused-ring (bicyclic) bond motifs is 1. The van der Waals surface area contributed by atoms with Crippen LogP contribution >= 0.6 is 0 Å². The number of amides is 3.